The Morgan fingerprint density at radius 1 is 1.45 bits per heavy atom. The molecule has 7 heteroatoms. The lowest BCUT2D eigenvalue weighted by Crippen LogP contribution is -2.37. The highest BCUT2D eigenvalue weighted by atomic mass is 35.5. The number of anilines is 1. The average Bonchev–Trinajstić information content (AvgIpc) is 2.33. The Balaban J connectivity index is 2.63. The molecule has 0 aliphatic heterocycles. The van der Waals surface area contributed by atoms with Crippen LogP contribution in [0, 0.1) is 18.2 Å². The largest absolute Gasteiger partial charge is 0.480 e. The van der Waals surface area contributed by atoms with E-state index in [-0.39, 0.29) is 24.7 Å². The van der Waals surface area contributed by atoms with Crippen LogP contribution in [0.15, 0.2) is 18.2 Å². The molecule has 1 aromatic rings. The highest BCUT2D eigenvalue weighted by molar-refractivity contribution is 6.31. The van der Waals surface area contributed by atoms with Crippen molar-refractivity contribution in [3.8, 4) is 12.3 Å². The molecule has 1 amide bonds. The number of rotatable bonds is 6. The predicted molar refractivity (Wildman–Crippen MR) is 72.9 cm³/mol. The number of terminal acetylenes is 1. The highest BCUT2D eigenvalue weighted by Gasteiger charge is 2.13. The second-order valence-electron chi connectivity index (χ2n) is 3.92. The summed E-state index contributed by atoms with van der Waals surface area (Å²) in [7, 11) is 0. The lowest BCUT2D eigenvalue weighted by molar-refractivity contribution is -0.138. The van der Waals surface area contributed by atoms with Gasteiger partial charge in [0.15, 0.2) is 0 Å². The summed E-state index contributed by atoms with van der Waals surface area (Å²) in [6, 6.07) is 3.73. The third kappa shape index (κ3) is 5.26. The Labute approximate surface area is 120 Å². The maximum Gasteiger partial charge on any atom is 0.317 e. The maximum atomic E-state index is 12.9. The Kier molecular flexibility index (Phi) is 5.97. The fraction of sp³-hybridized carbons (Fsp3) is 0.231. The zero-order valence-corrected chi connectivity index (χ0v) is 11.2. The predicted octanol–water partition coefficient (Wildman–Crippen LogP) is 1.44. The molecule has 0 unspecified atom stereocenters. The molecule has 5 nitrogen and oxygen atoms in total. The summed E-state index contributed by atoms with van der Waals surface area (Å²) >= 11 is 5.58. The zero-order chi connectivity index (χ0) is 15.1. The molecule has 0 fully saturated rings. The van der Waals surface area contributed by atoms with E-state index in [0.29, 0.717) is 5.69 Å². The van der Waals surface area contributed by atoms with Crippen LogP contribution in [-0.4, -0.2) is 41.5 Å². The van der Waals surface area contributed by atoms with Gasteiger partial charge in [0, 0.05) is 5.69 Å². The first-order valence-electron chi connectivity index (χ1n) is 5.55. The molecule has 0 atom stereocenters. The second kappa shape index (κ2) is 7.48. The van der Waals surface area contributed by atoms with Crippen molar-refractivity contribution in [3.63, 3.8) is 0 Å². The van der Waals surface area contributed by atoms with Crippen LogP contribution in [0.3, 0.4) is 0 Å². The van der Waals surface area contributed by atoms with Crippen molar-refractivity contribution in [2.75, 3.05) is 25.0 Å². The molecular weight excluding hydrogens is 287 g/mol. The van der Waals surface area contributed by atoms with E-state index in [1.165, 1.54) is 17.0 Å². The number of benzene rings is 1. The minimum absolute atomic E-state index is 0.0316. The minimum Gasteiger partial charge on any atom is -0.480 e. The quantitative estimate of drug-likeness (QED) is 0.780. The summed E-state index contributed by atoms with van der Waals surface area (Å²) in [5.74, 6) is 0.124. The summed E-state index contributed by atoms with van der Waals surface area (Å²) in [4.78, 5) is 23.6. The summed E-state index contributed by atoms with van der Waals surface area (Å²) in [5, 5.41) is 11.0. The van der Waals surface area contributed by atoms with Crippen LogP contribution in [0.5, 0.6) is 0 Å². The summed E-state index contributed by atoms with van der Waals surface area (Å²) in [6.07, 6.45) is 5.09. The Bertz CT molecular complexity index is 557. The first-order valence-corrected chi connectivity index (χ1v) is 5.92. The van der Waals surface area contributed by atoms with Crippen molar-refractivity contribution in [3.05, 3.63) is 29.0 Å². The van der Waals surface area contributed by atoms with Gasteiger partial charge in [-0.15, -0.1) is 6.42 Å². The number of halogens is 2. The molecule has 0 radical (unpaired) electrons. The van der Waals surface area contributed by atoms with Crippen LogP contribution in [0.1, 0.15) is 0 Å². The van der Waals surface area contributed by atoms with Gasteiger partial charge in [-0.05, 0) is 18.2 Å². The van der Waals surface area contributed by atoms with Gasteiger partial charge in [-0.3, -0.25) is 14.5 Å². The topological polar surface area (TPSA) is 69.6 Å². The number of carboxylic acid groups (broad SMARTS) is 1. The highest BCUT2D eigenvalue weighted by Crippen LogP contribution is 2.19. The molecular formula is C13H12ClFN2O3. The van der Waals surface area contributed by atoms with Crippen LogP contribution in [0.2, 0.25) is 5.02 Å². The number of nitrogens with one attached hydrogen (secondary N) is 1. The number of hydrogen-bond donors (Lipinski definition) is 2. The van der Waals surface area contributed by atoms with E-state index in [1.54, 1.807) is 0 Å². The fourth-order valence-electron chi connectivity index (χ4n) is 1.47. The summed E-state index contributed by atoms with van der Waals surface area (Å²) in [6.45, 7) is -0.503. The molecule has 0 aliphatic rings. The van der Waals surface area contributed by atoms with Gasteiger partial charge in [-0.25, -0.2) is 4.39 Å². The third-order valence-corrected chi connectivity index (χ3v) is 2.53. The van der Waals surface area contributed by atoms with Crippen molar-refractivity contribution in [1.82, 2.24) is 4.90 Å². The molecule has 106 valence electrons. The number of carbonyl (C=O) groups excluding carboxylic acids is 1. The Hall–Kier alpha value is -2.10. The first-order chi connectivity index (χ1) is 9.42. The third-order valence-electron chi connectivity index (χ3n) is 2.24. The van der Waals surface area contributed by atoms with Crippen molar-refractivity contribution in [1.29, 1.82) is 0 Å². The van der Waals surface area contributed by atoms with Crippen LogP contribution in [0.4, 0.5) is 10.1 Å². The van der Waals surface area contributed by atoms with Gasteiger partial charge in [0.1, 0.15) is 5.82 Å². The molecule has 1 aromatic carbocycles. The smallest absolute Gasteiger partial charge is 0.317 e. The summed E-state index contributed by atoms with van der Waals surface area (Å²) in [5.41, 5.74) is 0.317. The molecule has 1 rings (SSSR count). The molecule has 0 heterocycles. The van der Waals surface area contributed by atoms with E-state index in [2.05, 4.69) is 11.2 Å². The standard InChI is InChI=1S/C13H12ClFN2O3/c1-2-5-17(8-13(19)20)7-12(18)16-9-3-4-11(15)10(14)6-9/h1,3-4,6H,5,7-8H2,(H,16,18)(H,19,20). The molecule has 0 bridgehead atoms. The normalized spacial score (nSPS) is 10.1. The monoisotopic (exact) mass is 298 g/mol. The van der Waals surface area contributed by atoms with E-state index in [1.807, 2.05) is 0 Å². The minimum atomic E-state index is -1.09. The van der Waals surface area contributed by atoms with Gasteiger partial charge in [0.25, 0.3) is 0 Å². The van der Waals surface area contributed by atoms with Crippen LogP contribution >= 0.6 is 11.6 Å². The van der Waals surface area contributed by atoms with E-state index in [0.717, 1.165) is 6.07 Å². The molecule has 0 spiro atoms. The van der Waals surface area contributed by atoms with Gasteiger partial charge in [0.2, 0.25) is 5.91 Å². The number of aliphatic carboxylic acids is 1. The number of hydrogen-bond acceptors (Lipinski definition) is 3. The van der Waals surface area contributed by atoms with E-state index >= 15 is 0 Å². The van der Waals surface area contributed by atoms with Gasteiger partial charge in [-0.1, -0.05) is 17.5 Å². The molecule has 0 aromatic heterocycles. The van der Waals surface area contributed by atoms with E-state index in [4.69, 9.17) is 23.1 Å². The second-order valence-corrected chi connectivity index (χ2v) is 4.33. The zero-order valence-electron chi connectivity index (χ0n) is 10.4. The van der Waals surface area contributed by atoms with Gasteiger partial charge in [0.05, 0.1) is 24.7 Å². The van der Waals surface area contributed by atoms with E-state index < -0.39 is 17.7 Å². The number of nitrogens with zero attached hydrogens (tertiary/aromatic N) is 1. The molecule has 2 N–H and O–H groups in total. The number of carbonyl (C=O) groups is 2. The van der Waals surface area contributed by atoms with Crippen LogP contribution in [0.25, 0.3) is 0 Å². The van der Waals surface area contributed by atoms with Crippen LogP contribution < -0.4 is 5.32 Å². The number of carboxylic acids is 1. The number of amides is 1. The Morgan fingerprint density at radius 3 is 2.70 bits per heavy atom. The molecule has 20 heavy (non-hydrogen) atoms. The molecule has 0 aliphatic carbocycles. The first kappa shape index (κ1) is 16.0. The van der Waals surface area contributed by atoms with Crippen LogP contribution in [-0.2, 0) is 9.59 Å². The lowest BCUT2D eigenvalue weighted by atomic mass is 10.3. The SMILES string of the molecule is C#CCN(CC(=O)O)CC(=O)Nc1ccc(F)c(Cl)c1. The van der Waals surface area contributed by atoms with Gasteiger partial charge < -0.3 is 10.4 Å². The maximum absolute atomic E-state index is 12.9. The van der Waals surface area contributed by atoms with Crippen molar-refractivity contribution in [2.24, 2.45) is 0 Å². The van der Waals surface area contributed by atoms with Crippen molar-refractivity contribution < 1.29 is 19.1 Å². The lowest BCUT2D eigenvalue weighted by Gasteiger charge is -2.16. The van der Waals surface area contributed by atoms with Crippen molar-refractivity contribution in [2.45, 2.75) is 0 Å². The molecule has 0 saturated heterocycles. The average molecular weight is 299 g/mol. The van der Waals surface area contributed by atoms with E-state index in [9.17, 15) is 14.0 Å². The Morgan fingerprint density at radius 2 is 2.15 bits per heavy atom. The molecule has 0 saturated carbocycles. The summed E-state index contributed by atoms with van der Waals surface area (Å²) < 4.78 is 12.9. The fourth-order valence-corrected chi connectivity index (χ4v) is 1.65. The van der Waals surface area contributed by atoms with Gasteiger partial charge >= 0.3 is 5.97 Å². The van der Waals surface area contributed by atoms with Crippen molar-refractivity contribution >= 4 is 29.2 Å². The van der Waals surface area contributed by atoms with Gasteiger partial charge in [-0.2, -0.15) is 0 Å².